The maximum absolute atomic E-state index is 14.2. The number of nitrogens with one attached hydrogen (secondary N) is 1. The van der Waals surface area contributed by atoms with E-state index in [9.17, 15) is 24.0 Å². The molecule has 0 radical (unpaired) electrons. The fourth-order valence-electron chi connectivity index (χ4n) is 7.10. The van der Waals surface area contributed by atoms with Crippen LogP contribution in [0.5, 0.6) is 0 Å². The van der Waals surface area contributed by atoms with E-state index in [2.05, 4.69) is 5.32 Å². The van der Waals surface area contributed by atoms with Gasteiger partial charge in [0.05, 0.1) is 24.0 Å². The van der Waals surface area contributed by atoms with Crippen LogP contribution in [0, 0.1) is 17.8 Å². The van der Waals surface area contributed by atoms with Gasteiger partial charge in [0.2, 0.25) is 11.8 Å². The number of esters is 2. The van der Waals surface area contributed by atoms with Crippen molar-refractivity contribution in [3.8, 4) is 0 Å². The largest absolute Gasteiger partial charge is 0.462 e. The molecule has 226 valence electrons. The summed E-state index contributed by atoms with van der Waals surface area (Å²) in [5.41, 5.74) is 4.95. The zero-order valence-electron chi connectivity index (χ0n) is 24.8. The molecule has 1 fully saturated rings. The van der Waals surface area contributed by atoms with Gasteiger partial charge in [0.25, 0.3) is 5.91 Å². The normalized spacial score (nSPS) is 21.8. The van der Waals surface area contributed by atoms with Crippen molar-refractivity contribution in [3.63, 3.8) is 0 Å². The highest BCUT2D eigenvalue weighted by Crippen LogP contribution is 2.61. The lowest BCUT2D eigenvalue weighted by atomic mass is 9.55. The van der Waals surface area contributed by atoms with Gasteiger partial charge in [-0.05, 0) is 65.8 Å². The van der Waals surface area contributed by atoms with Gasteiger partial charge in [0.1, 0.15) is 6.04 Å². The molecule has 3 aromatic carbocycles. The molecule has 9 heteroatoms. The molecule has 4 aliphatic rings. The summed E-state index contributed by atoms with van der Waals surface area (Å²) in [5.74, 6) is -4.42. The maximum atomic E-state index is 14.2. The van der Waals surface area contributed by atoms with E-state index in [0.717, 1.165) is 27.2 Å². The summed E-state index contributed by atoms with van der Waals surface area (Å²) in [6.07, 6.45) is 0.210. The molecule has 3 aromatic rings. The van der Waals surface area contributed by atoms with E-state index in [-0.39, 0.29) is 42.6 Å². The molecule has 3 aliphatic carbocycles. The molecule has 9 nitrogen and oxygen atoms in total. The molecular formula is C35H34N2O7. The summed E-state index contributed by atoms with van der Waals surface area (Å²) >= 11 is 0. The van der Waals surface area contributed by atoms with Crippen molar-refractivity contribution in [1.82, 2.24) is 4.90 Å². The Kier molecular flexibility index (Phi) is 7.80. The Bertz CT molecular complexity index is 1530. The average Bonchev–Trinajstić information content (AvgIpc) is 3.28. The van der Waals surface area contributed by atoms with Gasteiger partial charge in [0, 0.05) is 17.5 Å². The molecule has 3 atom stereocenters. The van der Waals surface area contributed by atoms with E-state index in [1.807, 2.05) is 62.4 Å². The Morgan fingerprint density at radius 3 is 1.73 bits per heavy atom. The summed E-state index contributed by atoms with van der Waals surface area (Å²) in [5, 5.41) is 2.63. The number of carbonyl (C=O) groups is 5. The van der Waals surface area contributed by atoms with Gasteiger partial charge < -0.3 is 14.8 Å². The minimum absolute atomic E-state index is 0.0337. The third kappa shape index (κ3) is 4.96. The van der Waals surface area contributed by atoms with E-state index in [4.69, 9.17) is 9.47 Å². The van der Waals surface area contributed by atoms with E-state index >= 15 is 0 Å². The van der Waals surface area contributed by atoms with Crippen molar-refractivity contribution in [2.45, 2.75) is 45.1 Å². The smallest absolute Gasteiger partial charge is 0.338 e. The Morgan fingerprint density at radius 2 is 1.27 bits per heavy atom. The topological polar surface area (TPSA) is 119 Å². The molecule has 7 rings (SSSR count). The van der Waals surface area contributed by atoms with Gasteiger partial charge in [0.15, 0.2) is 6.61 Å². The third-order valence-corrected chi connectivity index (χ3v) is 8.79. The second kappa shape index (κ2) is 11.7. The average molecular weight is 595 g/mol. The number of hydrogen-bond donors (Lipinski definition) is 1. The van der Waals surface area contributed by atoms with Gasteiger partial charge in [-0.15, -0.1) is 0 Å². The standard InChI is InChI=1S/C35H34N2O7/c1-4-43-34(41)20-13-15-21(16-14-20)36-27(38)18-44-35(42)26(17-19(2)3)37-32(39)30-28-22-9-5-6-10-23(22)29(31(30)33(37)40)25-12-8-7-11-24(25)28/h5-16,19,26,28-31H,4,17-18H2,1-3H3,(H,36,38)/t26-,28?,29?,30-,31-/m0/s1. The van der Waals surface area contributed by atoms with Crippen molar-refractivity contribution in [2.75, 3.05) is 18.5 Å². The lowest BCUT2D eigenvalue weighted by Crippen LogP contribution is -2.47. The molecule has 3 amide bonds. The van der Waals surface area contributed by atoms with Crippen LogP contribution in [-0.4, -0.2) is 53.8 Å². The van der Waals surface area contributed by atoms with Crippen LogP contribution in [0.1, 0.15) is 71.6 Å². The summed E-state index contributed by atoms with van der Waals surface area (Å²) in [6.45, 7) is 5.17. The molecule has 0 spiro atoms. The quantitative estimate of drug-likeness (QED) is 0.283. The first kappa shape index (κ1) is 29.3. The third-order valence-electron chi connectivity index (χ3n) is 8.79. The number of anilines is 1. The summed E-state index contributed by atoms with van der Waals surface area (Å²) < 4.78 is 10.4. The van der Waals surface area contributed by atoms with E-state index < -0.39 is 42.3 Å². The van der Waals surface area contributed by atoms with Gasteiger partial charge >= 0.3 is 11.9 Å². The molecule has 1 N–H and O–H groups in total. The molecule has 1 saturated heterocycles. The lowest BCUT2D eigenvalue weighted by Gasteiger charge is -2.45. The van der Waals surface area contributed by atoms with Gasteiger partial charge in [-0.2, -0.15) is 0 Å². The minimum Gasteiger partial charge on any atom is -0.462 e. The predicted octanol–water partition coefficient (Wildman–Crippen LogP) is 4.65. The van der Waals surface area contributed by atoms with E-state index in [1.165, 1.54) is 12.1 Å². The summed E-state index contributed by atoms with van der Waals surface area (Å²) in [7, 11) is 0. The first-order chi connectivity index (χ1) is 21.2. The summed E-state index contributed by atoms with van der Waals surface area (Å²) in [6, 6.07) is 20.9. The Morgan fingerprint density at radius 1 is 0.773 bits per heavy atom. The monoisotopic (exact) mass is 594 g/mol. The van der Waals surface area contributed by atoms with Crippen molar-refractivity contribution in [2.24, 2.45) is 17.8 Å². The van der Waals surface area contributed by atoms with Gasteiger partial charge in [-0.3, -0.25) is 19.3 Å². The first-order valence-electron chi connectivity index (χ1n) is 15.0. The number of benzene rings is 3. The molecule has 0 saturated carbocycles. The van der Waals surface area contributed by atoms with Crippen LogP contribution in [0.15, 0.2) is 72.8 Å². The Labute approximate surface area is 255 Å². The second-order valence-corrected chi connectivity index (χ2v) is 11.9. The van der Waals surface area contributed by atoms with Crippen LogP contribution in [0.4, 0.5) is 5.69 Å². The van der Waals surface area contributed by atoms with Crippen molar-refractivity contribution < 1.29 is 33.4 Å². The molecule has 2 bridgehead atoms. The zero-order valence-corrected chi connectivity index (χ0v) is 24.8. The molecule has 1 heterocycles. The highest BCUT2D eigenvalue weighted by molar-refractivity contribution is 6.10. The Hall–Kier alpha value is -4.79. The summed E-state index contributed by atoms with van der Waals surface area (Å²) in [4.78, 5) is 67.5. The molecule has 44 heavy (non-hydrogen) atoms. The van der Waals surface area contributed by atoms with Crippen LogP contribution in [0.3, 0.4) is 0 Å². The highest BCUT2D eigenvalue weighted by atomic mass is 16.5. The fourth-order valence-corrected chi connectivity index (χ4v) is 7.10. The van der Waals surface area contributed by atoms with Crippen LogP contribution in [0.2, 0.25) is 0 Å². The van der Waals surface area contributed by atoms with E-state index in [0.29, 0.717) is 11.3 Å². The molecule has 1 aliphatic heterocycles. The highest BCUT2D eigenvalue weighted by Gasteiger charge is 2.63. The zero-order chi connectivity index (χ0) is 31.1. The number of carbonyl (C=O) groups excluding carboxylic acids is 5. The Balaban J connectivity index is 1.20. The molecule has 0 aromatic heterocycles. The van der Waals surface area contributed by atoms with Crippen LogP contribution >= 0.6 is 0 Å². The van der Waals surface area contributed by atoms with Crippen LogP contribution in [-0.2, 0) is 28.7 Å². The number of likely N-dealkylation sites (tertiary alicyclic amines) is 1. The number of ether oxygens (including phenoxy) is 2. The number of hydrogen-bond acceptors (Lipinski definition) is 7. The van der Waals surface area contributed by atoms with E-state index in [1.54, 1.807) is 19.1 Å². The SMILES string of the molecule is CCOC(=O)c1ccc(NC(=O)COC(=O)[C@H](CC(C)C)N2C(=O)[C@H]3C4c5ccccc5C(c5ccccc54)[C@@H]3C2=O)cc1. The maximum Gasteiger partial charge on any atom is 0.338 e. The van der Waals surface area contributed by atoms with Crippen molar-refractivity contribution in [1.29, 1.82) is 0 Å². The van der Waals surface area contributed by atoms with Crippen molar-refractivity contribution >= 4 is 35.3 Å². The first-order valence-corrected chi connectivity index (χ1v) is 15.0. The second-order valence-electron chi connectivity index (χ2n) is 11.9. The minimum atomic E-state index is -1.15. The number of rotatable bonds is 9. The number of amides is 3. The van der Waals surface area contributed by atoms with Crippen LogP contribution in [0.25, 0.3) is 0 Å². The van der Waals surface area contributed by atoms with Gasteiger partial charge in [-0.1, -0.05) is 62.4 Å². The molecular weight excluding hydrogens is 560 g/mol. The molecule has 0 unspecified atom stereocenters. The lowest BCUT2D eigenvalue weighted by molar-refractivity contribution is -0.160. The van der Waals surface area contributed by atoms with Gasteiger partial charge in [-0.25, -0.2) is 9.59 Å². The fraction of sp³-hybridized carbons (Fsp3) is 0.343. The number of imide groups is 1. The van der Waals surface area contributed by atoms with Crippen LogP contribution < -0.4 is 5.32 Å². The number of nitrogens with zero attached hydrogens (tertiary/aromatic N) is 1. The van der Waals surface area contributed by atoms with Crippen molar-refractivity contribution in [3.05, 3.63) is 101 Å². The predicted molar refractivity (Wildman–Crippen MR) is 161 cm³/mol.